The van der Waals surface area contributed by atoms with Crippen LogP contribution in [0.4, 0.5) is 58.4 Å². The summed E-state index contributed by atoms with van der Waals surface area (Å²) in [6.45, 7) is 5.06. The van der Waals surface area contributed by atoms with Crippen molar-refractivity contribution in [1.29, 1.82) is 0 Å². The van der Waals surface area contributed by atoms with Gasteiger partial charge in [0.2, 0.25) is 35.7 Å². The van der Waals surface area contributed by atoms with E-state index >= 15 is 0 Å². The standard InChI is InChI=1S/C32H38N12O8S2.2Na/c1-19-17-24(38-32-42-28(34-14-16-52-4)40-30(44-32)36-22-10-6-8-12-26(22)54(48,49)50)20(2)18-23(19)37-31-41-27(33-13-15-51-3)39-29(43-31)35-21-9-5-7-11-25(21)53(45,46)47;;/h5-12,17-18H,13-16H2,1-4H3,(H,45,46,47)(H,48,49,50)(H3,33,35,37,39,41,43)(H3,34,36,38,40,42,44);;/q;2*+1/p-2. The number of ether oxygens (including phenoxy) is 2. The predicted molar refractivity (Wildman–Crippen MR) is 198 cm³/mol. The quantitative estimate of drug-likeness (QED) is 0.0305. The SMILES string of the molecule is COCCNc1nc(Nc2cc(C)c(Nc3nc(NCCOC)nc(Nc4ccccc4S(=O)(=O)[O-])n3)cc2C)nc(Nc2ccccc2S(=O)(=O)[O-])n1.[Na+].[Na+]. The summed E-state index contributed by atoms with van der Waals surface area (Å²) in [5.74, 6) is 0.400. The van der Waals surface area contributed by atoms with Crippen LogP contribution in [0.25, 0.3) is 0 Å². The van der Waals surface area contributed by atoms with Gasteiger partial charge in [-0.2, -0.15) is 29.9 Å². The summed E-state index contributed by atoms with van der Waals surface area (Å²) in [6.07, 6.45) is 0. The first-order chi connectivity index (χ1) is 25.7. The third-order valence-electron chi connectivity index (χ3n) is 7.32. The number of aryl methyl sites for hydroxylation is 2. The maximum absolute atomic E-state index is 11.9. The van der Waals surface area contributed by atoms with Crippen LogP contribution in [0.1, 0.15) is 11.1 Å². The van der Waals surface area contributed by atoms with Crippen LogP contribution in [-0.2, 0) is 29.7 Å². The number of nitrogens with zero attached hydrogens (tertiary/aromatic N) is 6. The van der Waals surface area contributed by atoms with Crippen LogP contribution >= 0.6 is 0 Å². The van der Waals surface area contributed by atoms with E-state index in [9.17, 15) is 25.9 Å². The minimum Gasteiger partial charge on any atom is -0.744 e. The Kier molecular flexibility index (Phi) is 17.6. The first-order valence-corrected chi connectivity index (χ1v) is 18.8. The van der Waals surface area contributed by atoms with Gasteiger partial charge in [-0.05, 0) is 61.4 Å². The molecule has 0 atom stereocenters. The van der Waals surface area contributed by atoms with Gasteiger partial charge in [0.1, 0.15) is 20.2 Å². The summed E-state index contributed by atoms with van der Waals surface area (Å²) in [5, 5.41) is 18.0. The van der Waals surface area contributed by atoms with E-state index < -0.39 is 30.0 Å². The number of para-hydroxylation sites is 2. The zero-order chi connectivity index (χ0) is 38.9. The van der Waals surface area contributed by atoms with Crippen molar-refractivity contribution in [3.8, 4) is 0 Å². The molecule has 0 aliphatic heterocycles. The monoisotopic (exact) mass is 826 g/mol. The summed E-state index contributed by atoms with van der Waals surface area (Å²) in [4.78, 5) is 25.4. The van der Waals surface area contributed by atoms with Gasteiger partial charge in [-0.3, -0.25) is 0 Å². The summed E-state index contributed by atoms with van der Waals surface area (Å²) in [5.41, 5.74) is 2.66. The third kappa shape index (κ3) is 13.1. The molecule has 0 radical (unpaired) electrons. The first-order valence-electron chi connectivity index (χ1n) is 16.0. The minimum atomic E-state index is -4.80. The van der Waals surface area contributed by atoms with Crippen molar-refractivity contribution < 1.29 is 94.5 Å². The van der Waals surface area contributed by atoms with Crippen molar-refractivity contribution in [3.05, 3.63) is 71.8 Å². The van der Waals surface area contributed by atoms with E-state index in [2.05, 4.69) is 61.8 Å². The average Bonchev–Trinajstić information content (AvgIpc) is 3.10. The van der Waals surface area contributed by atoms with Crippen LogP contribution in [0, 0.1) is 13.8 Å². The normalized spacial score (nSPS) is 11.1. The zero-order valence-corrected chi connectivity index (χ0v) is 37.0. The van der Waals surface area contributed by atoms with E-state index in [0.717, 1.165) is 11.1 Å². The van der Waals surface area contributed by atoms with Crippen molar-refractivity contribution in [3.63, 3.8) is 0 Å². The number of aromatic nitrogens is 6. The Morgan fingerprint density at radius 3 is 1.14 bits per heavy atom. The fourth-order valence-electron chi connectivity index (χ4n) is 4.81. The molecule has 24 heteroatoms. The van der Waals surface area contributed by atoms with E-state index in [0.29, 0.717) is 37.7 Å². The number of methoxy groups -OCH3 is 2. The number of hydrogen-bond donors (Lipinski definition) is 6. The Morgan fingerprint density at radius 1 is 0.518 bits per heavy atom. The molecule has 6 N–H and O–H groups in total. The predicted octanol–water partition coefficient (Wildman–Crippen LogP) is -2.42. The van der Waals surface area contributed by atoms with Gasteiger partial charge in [-0.1, -0.05) is 24.3 Å². The Morgan fingerprint density at radius 2 is 0.821 bits per heavy atom. The molecular formula is C32H36N12Na2O8S2. The fraction of sp³-hybridized carbons (Fsp3) is 0.250. The van der Waals surface area contributed by atoms with Gasteiger partial charge in [0.15, 0.2) is 0 Å². The zero-order valence-electron chi connectivity index (χ0n) is 31.4. The molecule has 2 aromatic heterocycles. The molecule has 5 rings (SSSR count). The molecule has 0 aliphatic rings. The Balaban J connectivity index is 0.00000420. The molecule has 0 unspecified atom stereocenters. The van der Waals surface area contributed by atoms with E-state index in [4.69, 9.17) is 9.47 Å². The van der Waals surface area contributed by atoms with Crippen LogP contribution in [0.5, 0.6) is 0 Å². The Hall–Kier alpha value is -3.78. The second-order valence-corrected chi connectivity index (χ2v) is 14.0. The number of rotatable bonds is 18. The number of benzene rings is 3. The van der Waals surface area contributed by atoms with Crippen molar-refractivity contribution in [1.82, 2.24) is 29.9 Å². The first kappa shape index (κ1) is 46.6. The van der Waals surface area contributed by atoms with Gasteiger partial charge < -0.3 is 50.5 Å². The van der Waals surface area contributed by atoms with Gasteiger partial charge in [-0.25, -0.2) is 16.8 Å². The van der Waals surface area contributed by atoms with E-state index in [1.165, 1.54) is 36.4 Å². The molecule has 0 aliphatic carbocycles. The molecule has 0 amide bonds. The van der Waals surface area contributed by atoms with Gasteiger partial charge in [0.25, 0.3) is 0 Å². The topological polar surface area (TPSA) is 282 Å². The summed E-state index contributed by atoms with van der Waals surface area (Å²) in [7, 11) is -6.53. The second-order valence-electron chi connectivity index (χ2n) is 11.3. The maximum Gasteiger partial charge on any atom is 1.00 e. The van der Waals surface area contributed by atoms with Crippen LogP contribution in [0.3, 0.4) is 0 Å². The van der Waals surface area contributed by atoms with Crippen LogP contribution in [0.15, 0.2) is 70.5 Å². The van der Waals surface area contributed by atoms with Gasteiger partial charge in [0.05, 0.1) is 34.4 Å². The maximum atomic E-state index is 11.9. The molecule has 0 saturated heterocycles. The average molecular weight is 827 g/mol. The molecule has 0 spiro atoms. The molecule has 5 aromatic rings. The molecule has 0 bridgehead atoms. The second kappa shape index (κ2) is 21.1. The molecule has 286 valence electrons. The molecule has 3 aromatic carbocycles. The summed E-state index contributed by atoms with van der Waals surface area (Å²) in [6, 6.07) is 14.8. The molecule has 2 heterocycles. The van der Waals surface area contributed by atoms with Crippen LogP contribution in [-0.4, -0.2) is 96.4 Å². The van der Waals surface area contributed by atoms with Gasteiger partial charge >= 0.3 is 59.1 Å². The Bertz CT molecular complexity index is 2180. The molecule has 20 nitrogen and oxygen atoms in total. The van der Waals surface area contributed by atoms with E-state index in [1.54, 1.807) is 26.4 Å². The van der Waals surface area contributed by atoms with Gasteiger partial charge in [0, 0.05) is 38.7 Å². The Labute approximate surface area is 368 Å². The number of nitrogens with one attached hydrogen (secondary N) is 6. The van der Waals surface area contributed by atoms with Crippen molar-refractivity contribution >= 4 is 78.7 Å². The largest absolute Gasteiger partial charge is 1.00 e. The van der Waals surface area contributed by atoms with Crippen molar-refractivity contribution in [2.24, 2.45) is 0 Å². The van der Waals surface area contributed by atoms with Crippen LogP contribution in [0.2, 0.25) is 0 Å². The third-order valence-corrected chi connectivity index (χ3v) is 9.11. The summed E-state index contributed by atoms with van der Waals surface area (Å²) >= 11 is 0. The minimum absolute atomic E-state index is 0. The van der Waals surface area contributed by atoms with E-state index in [1.807, 2.05) is 26.0 Å². The van der Waals surface area contributed by atoms with Gasteiger partial charge in [-0.15, -0.1) is 0 Å². The van der Waals surface area contributed by atoms with E-state index in [-0.39, 0.29) is 106 Å². The van der Waals surface area contributed by atoms with Crippen molar-refractivity contribution in [2.75, 3.05) is 72.4 Å². The fourth-order valence-corrected chi connectivity index (χ4v) is 6.07. The van der Waals surface area contributed by atoms with Crippen LogP contribution < -0.4 is 91.0 Å². The number of anilines is 10. The molecule has 56 heavy (non-hydrogen) atoms. The number of hydrogen-bond acceptors (Lipinski definition) is 20. The smallest absolute Gasteiger partial charge is 0.744 e. The summed E-state index contributed by atoms with van der Waals surface area (Å²) < 4.78 is 81.4. The molecular weight excluding hydrogens is 791 g/mol. The van der Waals surface area contributed by atoms with Crippen molar-refractivity contribution in [2.45, 2.75) is 23.6 Å². The molecule has 0 fully saturated rings. The molecule has 0 saturated carbocycles.